The maximum atomic E-state index is 11.9. The van der Waals surface area contributed by atoms with Gasteiger partial charge in [-0.2, -0.15) is 4.80 Å². The summed E-state index contributed by atoms with van der Waals surface area (Å²) >= 11 is 6.09. The zero-order valence-electron chi connectivity index (χ0n) is 12.2. The van der Waals surface area contributed by atoms with E-state index in [9.17, 15) is 4.79 Å². The van der Waals surface area contributed by atoms with Gasteiger partial charge in [0.25, 0.3) is 0 Å². The molecule has 0 fully saturated rings. The van der Waals surface area contributed by atoms with Gasteiger partial charge < -0.3 is 5.32 Å². The maximum absolute atomic E-state index is 11.9. The molecule has 0 atom stereocenters. The predicted molar refractivity (Wildman–Crippen MR) is 86.6 cm³/mol. The third kappa shape index (κ3) is 3.92. The molecule has 0 aliphatic heterocycles. The molecule has 0 aliphatic carbocycles. The van der Waals surface area contributed by atoms with Gasteiger partial charge in [0.1, 0.15) is 6.54 Å². The highest BCUT2D eigenvalue weighted by molar-refractivity contribution is 6.33. The van der Waals surface area contributed by atoms with Crippen molar-refractivity contribution in [1.82, 2.24) is 25.5 Å². The molecule has 2 aromatic carbocycles. The Kier molecular flexibility index (Phi) is 4.63. The lowest BCUT2D eigenvalue weighted by Crippen LogP contribution is -2.28. The largest absolute Gasteiger partial charge is 0.350 e. The van der Waals surface area contributed by atoms with Crippen LogP contribution in [0.4, 0.5) is 0 Å². The van der Waals surface area contributed by atoms with Gasteiger partial charge in [-0.3, -0.25) is 4.79 Å². The van der Waals surface area contributed by atoms with Gasteiger partial charge in [0.15, 0.2) is 0 Å². The number of aromatic nitrogens is 4. The van der Waals surface area contributed by atoms with Crippen molar-refractivity contribution in [3.8, 4) is 11.4 Å². The minimum atomic E-state index is -0.183. The lowest BCUT2D eigenvalue weighted by atomic mass is 10.2. The second-order valence-electron chi connectivity index (χ2n) is 4.89. The smallest absolute Gasteiger partial charge is 0.243 e. The van der Waals surface area contributed by atoms with Crippen LogP contribution in [-0.4, -0.2) is 26.1 Å². The molecule has 116 valence electrons. The number of nitrogens with zero attached hydrogens (tertiary/aromatic N) is 4. The van der Waals surface area contributed by atoms with Gasteiger partial charge in [0, 0.05) is 12.1 Å². The van der Waals surface area contributed by atoms with E-state index in [1.54, 1.807) is 12.1 Å². The van der Waals surface area contributed by atoms with Crippen molar-refractivity contribution in [1.29, 1.82) is 0 Å². The highest BCUT2D eigenvalue weighted by atomic mass is 35.5. The number of halogens is 1. The van der Waals surface area contributed by atoms with E-state index in [1.807, 2.05) is 42.5 Å². The second kappa shape index (κ2) is 7.02. The molecule has 7 heteroatoms. The zero-order valence-corrected chi connectivity index (χ0v) is 12.9. The molecule has 3 rings (SSSR count). The molecule has 1 amide bonds. The number of hydrogen-bond acceptors (Lipinski definition) is 4. The summed E-state index contributed by atoms with van der Waals surface area (Å²) in [7, 11) is 0. The van der Waals surface area contributed by atoms with E-state index in [-0.39, 0.29) is 12.5 Å². The van der Waals surface area contributed by atoms with Crippen molar-refractivity contribution in [3.63, 3.8) is 0 Å². The summed E-state index contributed by atoms with van der Waals surface area (Å²) < 4.78 is 0. The highest BCUT2D eigenvalue weighted by Gasteiger charge is 2.11. The molecule has 0 aliphatic rings. The number of nitrogens with one attached hydrogen (secondary N) is 1. The Balaban J connectivity index is 1.61. The molecule has 0 unspecified atom stereocenters. The van der Waals surface area contributed by atoms with Gasteiger partial charge in [-0.15, -0.1) is 10.2 Å². The summed E-state index contributed by atoms with van der Waals surface area (Å²) in [6, 6.07) is 16.9. The molecule has 1 N–H and O–H groups in total. The third-order valence-corrected chi connectivity index (χ3v) is 3.51. The molecule has 0 radical (unpaired) electrons. The van der Waals surface area contributed by atoms with Crippen LogP contribution in [0.3, 0.4) is 0 Å². The molecule has 3 aromatic rings. The van der Waals surface area contributed by atoms with E-state index < -0.39 is 0 Å². The summed E-state index contributed by atoms with van der Waals surface area (Å²) in [6.07, 6.45) is 0. The van der Waals surface area contributed by atoms with Crippen molar-refractivity contribution in [2.45, 2.75) is 13.1 Å². The molecular weight excluding hydrogens is 314 g/mol. The average molecular weight is 328 g/mol. The first-order chi connectivity index (χ1) is 11.2. The first-order valence-electron chi connectivity index (χ1n) is 7.06. The Morgan fingerprint density at radius 2 is 1.83 bits per heavy atom. The Labute approximate surface area is 138 Å². The predicted octanol–water partition coefficient (Wildman–Crippen LogP) is 2.31. The summed E-state index contributed by atoms with van der Waals surface area (Å²) in [6.45, 7) is 0.468. The molecule has 0 spiro atoms. The minimum absolute atomic E-state index is 0.00425. The van der Waals surface area contributed by atoms with E-state index in [4.69, 9.17) is 11.6 Å². The van der Waals surface area contributed by atoms with Gasteiger partial charge >= 0.3 is 0 Å². The van der Waals surface area contributed by atoms with Crippen LogP contribution in [0.1, 0.15) is 5.56 Å². The average Bonchev–Trinajstić information content (AvgIpc) is 3.02. The fraction of sp³-hybridized carbons (Fsp3) is 0.125. The van der Waals surface area contributed by atoms with E-state index in [2.05, 4.69) is 20.7 Å². The van der Waals surface area contributed by atoms with E-state index >= 15 is 0 Å². The molecule has 0 bridgehead atoms. The summed E-state index contributed by atoms with van der Waals surface area (Å²) in [5.74, 6) is 0.212. The minimum Gasteiger partial charge on any atom is -0.350 e. The van der Waals surface area contributed by atoms with Crippen molar-refractivity contribution < 1.29 is 4.79 Å². The highest BCUT2D eigenvalue weighted by Crippen LogP contribution is 2.23. The van der Waals surface area contributed by atoms with Crippen molar-refractivity contribution in [2.24, 2.45) is 0 Å². The van der Waals surface area contributed by atoms with Gasteiger partial charge in [-0.25, -0.2) is 0 Å². The molecule has 0 saturated carbocycles. The molecule has 1 heterocycles. The van der Waals surface area contributed by atoms with Crippen molar-refractivity contribution >= 4 is 17.5 Å². The SMILES string of the molecule is O=C(Cn1nnc(-c2ccccc2Cl)n1)NCc1ccccc1. The molecule has 0 saturated heterocycles. The van der Waals surface area contributed by atoms with Crippen LogP contribution in [0.15, 0.2) is 54.6 Å². The number of amides is 1. The van der Waals surface area contributed by atoms with Crippen molar-refractivity contribution in [3.05, 3.63) is 65.2 Å². The summed E-state index contributed by atoms with van der Waals surface area (Å²) in [4.78, 5) is 13.2. The first kappa shape index (κ1) is 15.2. The van der Waals surface area contributed by atoms with Gasteiger partial charge in [-0.05, 0) is 22.9 Å². The molecule has 6 nitrogen and oxygen atoms in total. The van der Waals surface area contributed by atoms with E-state index in [0.717, 1.165) is 5.56 Å². The number of tetrazole rings is 1. The molecular formula is C16H14ClN5O. The summed E-state index contributed by atoms with van der Waals surface area (Å²) in [5, 5.41) is 15.4. The van der Waals surface area contributed by atoms with Crippen LogP contribution in [0, 0.1) is 0 Å². The lowest BCUT2D eigenvalue weighted by Gasteiger charge is -2.04. The lowest BCUT2D eigenvalue weighted by molar-refractivity contribution is -0.122. The van der Waals surface area contributed by atoms with Gasteiger partial charge in [0.2, 0.25) is 11.7 Å². The topological polar surface area (TPSA) is 72.7 Å². The first-order valence-corrected chi connectivity index (χ1v) is 7.43. The normalized spacial score (nSPS) is 10.5. The number of hydrogen-bond donors (Lipinski definition) is 1. The molecule has 23 heavy (non-hydrogen) atoms. The van der Waals surface area contributed by atoms with Crippen LogP contribution in [-0.2, 0) is 17.9 Å². The van der Waals surface area contributed by atoms with Crippen LogP contribution >= 0.6 is 11.6 Å². The van der Waals surface area contributed by atoms with Crippen LogP contribution in [0.25, 0.3) is 11.4 Å². The number of carbonyl (C=O) groups excluding carboxylic acids is 1. The van der Waals surface area contributed by atoms with E-state index in [0.29, 0.717) is 23.0 Å². The standard InChI is InChI=1S/C16H14ClN5O/c17-14-9-5-4-8-13(14)16-19-21-22(20-16)11-15(23)18-10-12-6-2-1-3-7-12/h1-9H,10-11H2,(H,18,23). The van der Waals surface area contributed by atoms with Crippen LogP contribution in [0.5, 0.6) is 0 Å². The van der Waals surface area contributed by atoms with E-state index in [1.165, 1.54) is 4.80 Å². The van der Waals surface area contributed by atoms with Crippen LogP contribution < -0.4 is 5.32 Å². The molecule has 1 aromatic heterocycles. The number of carbonyl (C=O) groups is 1. The Morgan fingerprint density at radius 1 is 1.09 bits per heavy atom. The Hall–Kier alpha value is -2.73. The van der Waals surface area contributed by atoms with Gasteiger partial charge in [0.05, 0.1) is 5.02 Å². The monoisotopic (exact) mass is 327 g/mol. The Morgan fingerprint density at radius 3 is 2.61 bits per heavy atom. The third-order valence-electron chi connectivity index (χ3n) is 3.19. The zero-order chi connectivity index (χ0) is 16.1. The fourth-order valence-electron chi connectivity index (χ4n) is 2.04. The quantitative estimate of drug-likeness (QED) is 0.780. The fourth-order valence-corrected chi connectivity index (χ4v) is 2.26. The van der Waals surface area contributed by atoms with Crippen molar-refractivity contribution in [2.75, 3.05) is 0 Å². The van der Waals surface area contributed by atoms with Crippen LogP contribution in [0.2, 0.25) is 5.02 Å². The Bertz CT molecular complexity index is 803. The van der Waals surface area contributed by atoms with Gasteiger partial charge in [-0.1, -0.05) is 54.1 Å². The number of rotatable bonds is 5. The second-order valence-corrected chi connectivity index (χ2v) is 5.29. The number of benzene rings is 2. The maximum Gasteiger partial charge on any atom is 0.243 e. The summed E-state index contributed by atoms with van der Waals surface area (Å²) in [5.41, 5.74) is 1.72.